The first-order valence-electron chi connectivity index (χ1n) is 7.51. The topological polar surface area (TPSA) is 78.9 Å². The number of hydrogen-bond donors (Lipinski definition) is 2. The summed E-state index contributed by atoms with van der Waals surface area (Å²) in [6.45, 7) is 2.17. The second-order valence-corrected chi connectivity index (χ2v) is 5.73. The van der Waals surface area contributed by atoms with E-state index in [0.717, 1.165) is 12.8 Å². The molecule has 1 heterocycles. The van der Waals surface area contributed by atoms with Gasteiger partial charge in [-0.05, 0) is 12.8 Å². The summed E-state index contributed by atoms with van der Waals surface area (Å²) < 4.78 is 5.73. The zero-order valence-corrected chi connectivity index (χ0v) is 11.8. The van der Waals surface area contributed by atoms with Crippen molar-refractivity contribution >= 4 is 12.0 Å². The van der Waals surface area contributed by atoms with Crippen LogP contribution in [-0.4, -0.2) is 54.4 Å². The first-order chi connectivity index (χ1) is 9.65. The third-order valence-corrected chi connectivity index (χ3v) is 3.99. The molecule has 0 atom stereocenters. The molecule has 0 radical (unpaired) electrons. The smallest absolute Gasteiger partial charge is 0.317 e. The molecule has 20 heavy (non-hydrogen) atoms. The fraction of sp³-hybridized carbons (Fsp3) is 0.857. The van der Waals surface area contributed by atoms with Gasteiger partial charge in [-0.25, -0.2) is 4.79 Å². The van der Waals surface area contributed by atoms with Crippen LogP contribution in [0.1, 0.15) is 38.5 Å². The van der Waals surface area contributed by atoms with Gasteiger partial charge in [0.2, 0.25) is 0 Å². The van der Waals surface area contributed by atoms with Gasteiger partial charge in [-0.1, -0.05) is 19.3 Å². The first-order valence-corrected chi connectivity index (χ1v) is 7.51. The molecule has 0 unspecified atom stereocenters. The van der Waals surface area contributed by atoms with Gasteiger partial charge in [0.15, 0.2) is 0 Å². The lowest BCUT2D eigenvalue weighted by atomic mass is 9.97. The van der Waals surface area contributed by atoms with Gasteiger partial charge in [-0.15, -0.1) is 0 Å². The molecule has 2 aliphatic rings. The number of carbonyl (C=O) groups excluding carboxylic acids is 1. The highest BCUT2D eigenvalue weighted by molar-refractivity contribution is 5.75. The van der Waals surface area contributed by atoms with Crippen LogP contribution in [0.5, 0.6) is 0 Å². The van der Waals surface area contributed by atoms with Crippen LogP contribution in [0.15, 0.2) is 0 Å². The number of carboxylic acid groups (broad SMARTS) is 1. The van der Waals surface area contributed by atoms with Crippen LogP contribution < -0.4 is 5.32 Å². The molecular formula is C14H24N2O4. The predicted octanol–water partition coefficient (Wildman–Crippen LogP) is 1.45. The van der Waals surface area contributed by atoms with E-state index in [9.17, 15) is 9.59 Å². The number of carbonyl (C=O) groups is 2. The van der Waals surface area contributed by atoms with Gasteiger partial charge < -0.3 is 20.1 Å². The Hall–Kier alpha value is -1.30. The molecule has 2 N–H and O–H groups in total. The molecule has 1 aliphatic carbocycles. The van der Waals surface area contributed by atoms with Crippen LogP contribution in [0.4, 0.5) is 4.79 Å². The number of nitrogens with zero attached hydrogens (tertiary/aromatic N) is 1. The van der Waals surface area contributed by atoms with Crippen molar-refractivity contribution < 1.29 is 19.4 Å². The Morgan fingerprint density at radius 1 is 1.20 bits per heavy atom. The van der Waals surface area contributed by atoms with Crippen LogP contribution in [-0.2, 0) is 9.53 Å². The van der Waals surface area contributed by atoms with E-state index in [1.54, 1.807) is 4.90 Å². The van der Waals surface area contributed by atoms with E-state index < -0.39 is 5.97 Å². The third kappa shape index (κ3) is 4.67. The fourth-order valence-electron chi connectivity index (χ4n) is 2.84. The van der Waals surface area contributed by atoms with E-state index in [2.05, 4.69) is 5.32 Å². The minimum absolute atomic E-state index is 0.108. The molecule has 1 saturated heterocycles. The number of carboxylic acids is 1. The SMILES string of the molecule is O=C(O)CC1CN(C(=O)NCCOC2CCCCC2)C1. The summed E-state index contributed by atoms with van der Waals surface area (Å²) in [4.78, 5) is 23.9. The highest BCUT2D eigenvalue weighted by Crippen LogP contribution is 2.20. The minimum atomic E-state index is -0.795. The van der Waals surface area contributed by atoms with E-state index in [-0.39, 0.29) is 18.4 Å². The molecule has 0 aromatic heterocycles. The molecule has 2 rings (SSSR count). The van der Waals surface area contributed by atoms with Gasteiger partial charge in [0.25, 0.3) is 0 Å². The molecule has 1 saturated carbocycles. The Morgan fingerprint density at radius 2 is 1.90 bits per heavy atom. The van der Waals surface area contributed by atoms with Gasteiger partial charge >= 0.3 is 12.0 Å². The minimum Gasteiger partial charge on any atom is -0.481 e. The quantitative estimate of drug-likeness (QED) is 0.724. The van der Waals surface area contributed by atoms with E-state index in [0.29, 0.717) is 32.3 Å². The summed E-state index contributed by atoms with van der Waals surface area (Å²) in [7, 11) is 0. The van der Waals surface area contributed by atoms with Crippen LogP contribution in [0.25, 0.3) is 0 Å². The molecule has 2 amide bonds. The molecule has 114 valence electrons. The van der Waals surface area contributed by atoms with Crippen molar-refractivity contribution in [3.8, 4) is 0 Å². The Labute approximate surface area is 119 Å². The maximum absolute atomic E-state index is 11.7. The number of urea groups is 1. The lowest BCUT2D eigenvalue weighted by Crippen LogP contribution is -2.54. The molecule has 0 aromatic carbocycles. The molecule has 2 fully saturated rings. The van der Waals surface area contributed by atoms with E-state index in [1.165, 1.54) is 19.3 Å². The van der Waals surface area contributed by atoms with Crippen LogP contribution >= 0.6 is 0 Å². The molecule has 6 nitrogen and oxygen atoms in total. The number of nitrogens with one attached hydrogen (secondary N) is 1. The number of rotatable bonds is 6. The number of amides is 2. The van der Waals surface area contributed by atoms with E-state index in [4.69, 9.17) is 9.84 Å². The Kier molecular flexibility index (Phi) is 5.64. The predicted molar refractivity (Wildman–Crippen MR) is 73.5 cm³/mol. The standard InChI is InChI=1S/C14H24N2O4/c17-13(18)8-11-9-16(10-11)14(19)15-6-7-20-12-4-2-1-3-5-12/h11-12H,1-10H2,(H,15,19)(H,17,18). The van der Waals surface area contributed by atoms with Crippen molar-refractivity contribution in [1.29, 1.82) is 0 Å². The zero-order chi connectivity index (χ0) is 14.4. The maximum Gasteiger partial charge on any atom is 0.317 e. The second kappa shape index (κ2) is 7.47. The molecule has 0 spiro atoms. The number of aliphatic carboxylic acids is 1. The normalized spacial score (nSPS) is 20.5. The summed E-state index contributed by atoms with van der Waals surface area (Å²) in [5, 5.41) is 11.4. The summed E-state index contributed by atoms with van der Waals surface area (Å²) in [6.07, 6.45) is 6.58. The second-order valence-electron chi connectivity index (χ2n) is 5.73. The summed E-state index contributed by atoms with van der Waals surface area (Å²) in [6, 6.07) is -0.112. The Bertz CT molecular complexity index is 336. The van der Waals surface area contributed by atoms with Gasteiger partial charge in [-0.2, -0.15) is 0 Å². The maximum atomic E-state index is 11.7. The lowest BCUT2D eigenvalue weighted by Gasteiger charge is -2.38. The van der Waals surface area contributed by atoms with Gasteiger partial charge in [0.1, 0.15) is 0 Å². The van der Waals surface area contributed by atoms with Gasteiger partial charge in [-0.3, -0.25) is 4.79 Å². The van der Waals surface area contributed by atoms with Crippen molar-refractivity contribution in [2.45, 2.75) is 44.6 Å². The van der Waals surface area contributed by atoms with Crippen molar-refractivity contribution in [1.82, 2.24) is 10.2 Å². The average molecular weight is 284 g/mol. The van der Waals surface area contributed by atoms with Crippen molar-refractivity contribution in [3.63, 3.8) is 0 Å². The Morgan fingerprint density at radius 3 is 2.55 bits per heavy atom. The van der Waals surface area contributed by atoms with Crippen molar-refractivity contribution in [2.24, 2.45) is 5.92 Å². The molecule has 0 aromatic rings. The van der Waals surface area contributed by atoms with Crippen LogP contribution in [0.3, 0.4) is 0 Å². The molecule has 1 aliphatic heterocycles. The van der Waals surface area contributed by atoms with Crippen LogP contribution in [0, 0.1) is 5.92 Å². The highest BCUT2D eigenvalue weighted by atomic mass is 16.5. The largest absolute Gasteiger partial charge is 0.481 e. The fourth-order valence-corrected chi connectivity index (χ4v) is 2.84. The third-order valence-electron chi connectivity index (χ3n) is 3.99. The monoisotopic (exact) mass is 284 g/mol. The van der Waals surface area contributed by atoms with E-state index >= 15 is 0 Å². The molecule has 6 heteroatoms. The number of hydrogen-bond acceptors (Lipinski definition) is 3. The summed E-state index contributed by atoms with van der Waals surface area (Å²) in [5.74, 6) is -0.687. The van der Waals surface area contributed by atoms with Crippen molar-refractivity contribution in [3.05, 3.63) is 0 Å². The van der Waals surface area contributed by atoms with Gasteiger partial charge in [0.05, 0.1) is 19.1 Å². The molecule has 0 bridgehead atoms. The number of likely N-dealkylation sites (tertiary alicyclic amines) is 1. The number of ether oxygens (including phenoxy) is 1. The Balaban J connectivity index is 1.49. The highest BCUT2D eigenvalue weighted by Gasteiger charge is 2.31. The lowest BCUT2D eigenvalue weighted by molar-refractivity contribution is -0.139. The van der Waals surface area contributed by atoms with Crippen molar-refractivity contribution in [2.75, 3.05) is 26.2 Å². The van der Waals surface area contributed by atoms with E-state index in [1.807, 2.05) is 0 Å². The molecular weight excluding hydrogens is 260 g/mol. The zero-order valence-electron chi connectivity index (χ0n) is 11.8. The van der Waals surface area contributed by atoms with Gasteiger partial charge in [0, 0.05) is 25.6 Å². The average Bonchev–Trinajstić information content (AvgIpc) is 2.39. The summed E-state index contributed by atoms with van der Waals surface area (Å²) >= 11 is 0. The van der Waals surface area contributed by atoms with Crippen LogP contribution in [0.2, 0.25) is 0 Å². The first kappa shape index (κ1) is 15.1. The summed E-state index contributed by atoms with van der Waals surface area (Å²) in [5.41, 5.74) is 0.